The fourth-order valence-corrected chi connectivity index (χ4v) is 6.01. The minimum absolute atomic E-state index is 0.0884. The van der Waals surface area contributed by atoms with E-state index in [1.54, 1.807) is 18.2 Å². The highest BCUT2D eigenvalue weighted by molar-refractivity contribution is 6.31. The molecule has 6 nitrogen and oxygen atoms in total. The van der Waals surface area contributed by atoms with E-state index < -0.39 is 22.9 Å². The summed E-state index contributed by atoms with van der Waals surface area (Å²) in [5.74, 6) is -1.77. The molecule has 4 aliphatic rings. The number of anilines is 1. The first-order valence-electron chi connectivity index (χ1n) is 9.45. The number of benzene rings is 1. The number of rotatable bonds is 0. The molecule has 5 rings (SSSR count). The molecule has 3 amide bonds. The number of nitrogens with one attached hydrogen (secondary N) is 1. The number of hydrogen-bond acceptors (Lipinski definition) is 4. The highest BCUT2D eigenvalue weighted by Crippen LogP contribution is 2.61. The molecule has 0 aliphatic carbocycles. The zero-order valence-electron chi connectivity index (χ0n) is 15.6. The molecule has 27 heavy (non-hydrogen) atoms. The average Bonchev–Trinajstić information content (AvgIpc) is 3.25. The number of amides is 3. The Morgan fingerprint density at radius 1 is 1.19 bits per heavy atom. The van der Waals surface area contributed by atoms with Crippen LogP contribution in [0.15, 0.2) is 18.2 Å². The van der Waals surface area contributed by atoms with Gasteiger partial charge in [0.25, 0.3) is 0 Å². The number of carbonyl (C=O) groups is 3. The molecule has 0 bridgehead atoms. The first kappa shape index (κ1) is 17.2. The van der Waals surface area contributed by atoms with Crippen molar-refractivity contribution in [2.45, 2.75) is 50.7 Å². The molecule has 4 aliphatic heterocycles. The molecule has 4 heterocycles. The lowest BCUT2D eigenvalue weighted by atomic mass is 9.75. The maximum atomic E-state index is 13.5. The summed E-state index contributed by atoms with van der Waals surface area (Å²) in [7, 11) is 0. The summed E-state index contributed by atoms with van der Waals surface area (Å²) in [4.78, 5) is 43.7. The van der Waals surface area contributed by atoms with Crippen molar-refractivity contribution in [3.05, 3.63) is 28.8 Å². The summed E-state index contributed by atoms with van der Waals surface area (Å²) in [5, 5.41) is 3.47. The van der Waals surface area contributed by atoms with Crippen molar-refractivity contribution in [2.24, 2.45) is 11.8 Å². The second kappa shape index (κ2) is 5.11. The molecular formula is C20H22ClN3O3. The van der Waals surface area contributed by atoms with Crippen LogP contribution in [0.3, 0.4) is 0 Å². The van der Waals surface area contributed by atoms with Gasteiger partial charge in [-0.3, -0.25) is 24.2 Å². The van der Waals surface area contributed by atoms with Crippen molar-refractivity contribution in [3.63, 3.8) is 0 Å². The number of hydrogen-bond donors (Lipinski definition) is 1. The Bertz CT molecular complexity index is 908. The van der Waals surface area contributed by atoms with Gasteiger partial charge >= 0.3 is 0 Å². The molecule has 1 N–H and O–H groups in total. The zero-order chi connectivity index (χ0) is 19.3. The van der Waals surface area contributed by atoms with E-state index in [2.05, 4.69) is 10.2 Å². The molecule has 4 atom stereocenters. The number of likely N-dealkylation sites (tertiary alicyclic amines) is 1. The van der Waals surface area contributed by atoms with Gasteiger partial charge in [0.1, 0.15) is 5.54 Å². The molecule has 1 aromatic rings. The van der Waals surface area contributed by atoms with Crippen molar-refractivity contribution in [2.75, 3.05) is 11.9 Å². The highest BCUT2D eigenvalue weighted by Gasteiger charge is 2.75. The molecule has 1 aromatic carbocycles. The van der Waals surface area contributed by atoms with Crippen LogP contribution in [0.4, 0.5) is 5.69 Å². The van der Waals surface area contributed by atoms with Crippen LogP contribution in [0, 0.1) is 11.8 Å². The van der Waals surface area contributed by atoms with E-state index in [4.69, 9.17) is 11.6 Å². The highest BCUT2D eigenvalue weighted by atomic mass is 35.5. The molecular weight excluding hydrogens is 366 g/mol. The first-order valence-corrected chi connectivity index (χ1v) is 9.83. The van der Waals surface area contributed by atoms with Gasteiger partial charge in [-0.2, -0.15) is 0 Å². The molecule has 0 saturated carbocycles. The van der Waals surface area contributed by atoms with Crippen LogP contribution < -0.4 is 5.32 Å². The monoisotopic (exact) mass is 387 g/mol. The molecule has 1 spiro atoms. The predicted octanol–water partition coefficient (Wildman–Crippen LogP) is 2.37. The van der Waals surface area contributed by atoms with Crippen LogP contribution in [-0.2, 0) is 19.9 Å². The lowest BCUT2D eigenvalue weighted by molar-refractivity contribution is -0.150. The summed E-state index contributed by atoms with van der Waals surface area (Å²) in [6, 6.07) is 5.21. The zero-order valence-corrected chi connectivity index (χ0v) is 16.3. The predicted molar refractivity (Wildman–Crippen MR) is 100 cm³/mol. The van der Waals surface area contributed by atoms with Crippen LogP contribution in [0.25, 0.3) is 0 Å². The number of carbonyl (C=O) groups excluding carboxylic acids is 3. The molecule has 0 aromatic heterocycles. The Hall–Kier alpha value is -1.92. The Labute approximate surface area is 162 Å². The summed E-state index contributed by atoms with van der Waals surface area (Å²) in [5.41, 5.74) is -0.338. The van der Waals surface area contributed by atoms with E-state index in [0.717, 1.165) is 18.4 Å². The van der Waals surface area contributed by atoms with Crippen LogP contribution in [0.1, 0.15) is 39.2 Å². The molecule has 142 valence electrons. The lowest BCUT2D eigenvalue weighted by Crippen LogP contribution is -2.56. The van der Waals surface area contributed by atoms with E-state index in [0.29, 0.717) is 17.3 Å². The van der Waals surface area contributed by atoms with E-state index in [-0.39, 0.29) is 23.8 Å². The van der Waals surface area contributed by atoms with Gasteiger partial charge in [0.2, 0.25) is 17.7 Å². The SMILES string of the molecule is CC(C)(C)N1C(=O)[C@@H]2C3CCCN3C3(C(=O)Nc4ccc(Cl)cc43)[C@@H]2C1=O. The molecule has 3 fully saturated rings. The Morgan fingerprint density at radius 2 is 1.93 bits per heavy atom. The number of imide groups is 1. The smallest absolute Gasteiger partial charge is 0.250 e. The summed E-state index contributed by atoms with van der Waals surface area (Å²) in [6.07, 6.45) is 1.74. The molecule has 2 unspecified atom stereocenters. The van der Waals surface area contributed by atoms with E-state index in [1.165, 1.54) is 4.90 Å². The average molecular weight is 388 g/mol. The fraction of sp³-hybridized carbons (Fsp3) is 0.550. The normalized spacial score (nSPS) is 35.0. The van der Waals surface area contributed by atoms with Crippen molar-refractivity contribution in [1.82, 2.24) is 9.80 Å². The van der Waals surface area contributed by atoms with Gasteiger partial charge in [-0.05, 0) is 58.4 Å². The topological polar surface area (TPSA) is 69.7 Å². The van der Waals surface area contributed by atoms with Crippen molar-refractivity contribution in [3.8, 4) is 0 Å². The Morgan fingerprint density at radius 3 is 2.63 bits per heavy atom. The second-order valence-electron chi connectivity index (χ2n) is 9.00. The third kappa shape index (κ3) is 1.88. The van der Waals surface area contributed by atoms with Gasteiger partial charge in [0.05, 0.1) is 11.8 Å². The summed E-state index contributed by atoms with van der Waals surface area (Å²) in [6.45, 7) is 6.29. The second-order valence-corrected chi connectivity index (χ2v) is 9.44. The number of halogens is 1. The van der Waals surface area contributed by atoms with Gasteiger partial charge in [-0.15, -0.1) is 0 Å². The third-order valence-corrected chi connectivity index (χ3v) is 6.86. The maximum absolute atomic E-state index is 13.5. The van der Waals surface area contributed by atoms with Crippen LogP contribution in [0.5, 0.6) is 0 Å². The minimum atomic E-state index is -1.14. The van der Waals surface area contributed by atoms with Gasteiger partial charge in [-0.25, -0.2) is 0 Å². The largest absolute Gasteiger partial charge is 0.324 e. The van der Waals surface area contributed by atoms with E-state index in [9.17, 15) is 14.4 Å². The van der Waals surface area contributed by atoms with Crippen molar-refractivity contribution in [1.29, 1.82) is 0 Å². The van der Waals surface area contributed by atoms with Crippen LogP contribution in [0.2, 0.25) is 5.02 Å². The molecule has 7 heteroatoms. The maximum Gasteiger partial charge on any atom is 0.250 e. The van der Waals surface area contributed by atoms with E-state index in [1.807, 2.05) is 20.8 Å². The van der Waals surface area contributed by atoms with Gasteiger partial charge in [-0.1, -0.05) is 11.6 Å². The summed E-state index contributed by atoms with van der Waals surface area (Å²) < 4.78 is 0. The first-order chi connectivity index (χ1) is 12.7. The molecule has 0 radical (unpaired) electrons. The van der Waals surface area contributed by atoms with Gasteiger partial charge < -0.3 is 5.32 Å². The van der Waals surface area contributed by atoms with Crippen molar-refractivity contribution >= 4 is 35.0 Å². The Kier molecular flexibility index (Phi) is 3.26. The van der Waals surface area contributed by atoms with Crippen LogP contribution in [-0.4, -0.2) is 45.6 Å². The quantitative estimate of drug-likeness (QED) is 0.694. The Balaban J connectivity index is 1.77. The standard InChI is InChI=1S/C20H22ClN3O3/c1-19(2,3)24-16(25)14-13-5-4-8-23(13)20(15(14)17(24)26)11-9-10(21)6-7-12(11)22-18(20)27/h6-7,9,13-15H,4-5,8H2,1-3H3,(H,22,27)/t13?,14-,15+,20?/m1/s1. The molecule has 3 saturated heterocycles. The number of nitrogens with zero attached hydrogens (tertiary/aromatic N) is 2. The third-order valence-electron chi connectivity index (χ3n) is 6.63. The summed E-state index contributed by atoms with van der Waals surface area (Å²) >= 11 is 6.26. The van der Waals surface area contributed by atoms with Crippen LogP contribution >= 0.6 is 11.6 Å². The van der Waals surface area contributed by atoms with Gasteiger partial charge in [0.15, 0.2) is 0 Å². The fourth-order valence-electron chi connectivity index (χ4n) is 5.84. The van der Waals surface area contributed by atoms with Crippen molar-refractivity contribution < 1.29 is 14.4 Å². The number of fused-ring (bicyclic) bond motifs is 7. The van der Waals surface area contributed by atoms with E-state index >= 15 is 0 Å². The minimum Gasteiger partial charge on any atom is -0.324 e. The lowest BCUT2D eigenvalue weighted by Gasteiger charge is -2.38. The van der Waals surface area contributed by atoms with Gasteiger partial charge in [0, 0.05) is 27.9 Å².